The molecule has 2 atom stereocenters. The Bertz CT molecular complexity index is 544. The van der Waals surface area contributed by atoms with Crippen molar-refractivity contribution in [3.63, 3.8) is 0 Å². The van der Waals surface area contributed by atoms with E-state index >= 15 is 0 Å². The van der Waals surface area contributed by atoms with Crippen LogP contribution in [0.2, 0.25) is 0 Å². The Morgan fingerprint density at radius 2 is 2.13 bits per heavy atom. The summed E-state index contributed by atoms with van der Waals surface area (Å²) in [5.74, 6) is -0.524. The van der Waals surface area contributed by atoms with E-state index in [1.54, 1.807) is 6.07 Å². The van der Waals surface area contributed by atoms with Crippen LogP contribution in [0.1, 0.15) is 51.0 Å². The van der Waals surface area contributed by atoms with Crippen LogP contribution in [0, 0.1) is 5.92 Å². The van der Waals surface area contributed by atoms with Crippen molar-refractivity contribution in [1.29, 1.82) is 0 Å². The van der Waals surface area contributed by atoms with E-state index in [9.17, 15) is 9.59 Å². The lowest BCUT2D eigenvalue weighted by molar-refractivity contribution is -0.138. The number of ether oxygens (including phenoxy) is 1. The molecule has 1 amide bonds. The molecule has 23 heavy (non-hydrogen) atoms. The standard InChI is InChI=1S/C18H25NO4/c1-13-4-2-7-16(10-13)23-12-14-5-3-6-15(11-14)19-17(20)8-9-18(21)22/h3,5-6,11,13,16H,2,4,7-10,12H2,1H3,(H,19,20)(H,21,22). The van der Waals surface area contributed by atoms with Gasteiger partial charge in [0.15, 0.2) is 0 Å². The molecule has 0 saturated heterocycles. The van der Waals surface area contributed by atoms with Gasteiger partial charge in [0.1, 0.15) is 0 Å². The summed E-state index contributed by atoms with van der Waals surface area (Å²) in [6.45, 7) is 2.80. The third-order valence-corrected chi connectivity index (χ3v) is 4.15. The Balaban J connectivity index is 1.82. The molecule has 0 aromatic heterocycles. The average molecular weight is 319 g/mol. The van der Waals surface area contributed by atoms with E-state index in [-0.39, 0.29) is 18.7 Å². The first-order chi connectivity index (χ1) is 11.0. The van der Waals surface area contributed by atoms with Crippen molar-refractivity contribution in [2.45, 2.75) is 58.2 Å². The highest BCUT2D eigenvalue weighted by molar-refractivity contribution is 5.92. The SMILES string of the molecule is CC1CCCC(OCc2cccc(NC(=O)CCC(=O)O)c2)C1. The molecule has 0 spiro atoms. The largest absolute Gasteiger partial charge is 0.481 e. The Morgan fingerprint density at radius 1 is 1.30 bits per heavy atom. The first kappa shape index (κ1) is 17.5. The van der Waals surface area contributed by atoms with Crippen LogP contribution in [-0.4, -0.2) is 23.1 Å². The predicted molar refractivity (Wildman–Crippen MR) is 88.2 cm³/mol. The van der Waals surface area contributed by atoms with Crippen LogP contribution in [0.3, 0.4) is 0 Å². The number of benzene rings is 1. The fourth-order valence-electron chi connectivity index (χ4n) is 2.93. The van der Waals surface area contributed by atoms with E-state index in [2.05, 4.69) is 12.2 Å². The van der Waals surface area contributed by atoms with Gasteiger partial charge in [-0.2, -0.15) is 0 Å². The third-order valence-electron chi connectivity index (χ3n) is 4.15. The number of anilines is 1. The summed E-state index contributed by atoms with van der Waals surface area (Å²) in [6.07, 6.45) is 4.91. The first-order valence-electron chi connectivity index (χ1n) is 8.25. The van der Waals surface area contributed by atoms with Gasteiger partial charge in [-0.15, -0.1) is 0 Å². The smallest absolute Gasteiger partial charge is 0.303 e. The first-order valence-corrected chi connectivity index (χ1v) is 8.25. The molecule has 126 valence electrons. The molecule has 1 fully saturated rings. The van der Waals surface area contributed by atoms with Gasteiger partial charge in [0.05, 0.1) is 19.1 Å². The van der Waals surface area contributed by atoms with Crippen LogP contribution in [0.15, 0.2) is 24.3 Å². The third kappa shape index (κ3) is 6.40. The van der Waals surface area contributed by atoms with Gasteiger partial charge in [0.2, 0.25) is 5.91 Å². The zero-order valence-corrected chi connectivity index (χ0v) is 13.6. The number of nitrogens with one attached hydrogen (secondary N) is 1. The lowest BCUT2D eigenvalue weighted by Crippen LogP contribution is -2.21. The Kier molecular flexibility index (Phi) is 6.59. The summed E-state index contributed by atoms with van der Waals surface area (Å²) in [4.78, 5) is 22.1. The van der Waals surface area contributed by atoms with E-state index in [0.717, 1.165) is 24.3 Å². The quantitative estimate of drug-likeness (QED) is 0.805. The van der Waals surface area contributed by atoms with Crippen molar-refractivity contribution in [2.24, 2.45) is 5.92 Å². The number of rotatable bonds is 7. The lowest BCUT2D eigenvalue weighted by Gasteiger charge is -2.26. The van der Waals surface area contributed by atoms with E-state index in [1.807, 2.05) is 18.2 Å². The molecule has 1 aromatic carbocycles. The lowest BCUT2D eigenvalue weighted by atomic mass is 9.89. The maximum absolute atomic E-state index is 11.7. The summed E-state index contributed by atoms with van der Waals surface area (Å²) in [5.41, 5.74) is 1.69. The summed E-state index contributed by atoms with van der Waals surface area (Å²) in [6, 6.07) is 7.52. The Labute approximate surface area is 137 Å². The second-order valence-electron chi connectivity index (χ2n) is 6.35. The summed E-state index contributed by atoms with van der Waals surface area (Å²) in [5, 5.41) is 11.3. The molecule has 2 N–H and O–H groups in total. The highest BCUT2D eigenvalue weighted by atomic mass is 16.5. The van der Waals surface area contributed by atoms with E-state index in [1.165, 1.54) is 12.8 Å². The van der Waals surface area contributed by atoms with Crippen LogP contribution in [0.25, 0.3) is 0 Å². The minimum Gasteiger partial charge on any atom is -0.481 e. The minimum absolute atomic E-state index is 0.0178. The highest BCUT2D eigenvalue weighted by Crippen LogP contribution is 2.26. The van der Waals surface area contributed by atoms with Gasteiger partial charge in [-0.3, -0.25) is 9.59 Å². The molecular formula is C18H25NO4. The second-order valence-corrected chi connectivity index (χ2v) is 6.35. The van der Waals surface area contributed by atoms with Crippen molar-refractivity contribution < 1.29 is 19.4 Å². The van der Waals surface area contributed by atoms with Gasteiger partial charge < -0.3 is 15.2 Å². The summed E-state index contributed by atoms with van der Waals surface area (Å²) < 4.78 is 5.99. The van der Waals surface area contributed by atoms with Gasteiger partial charge in [-0.05, 0) is 36.5 Å². The number of carboxylic acid groups (broad SMARTS) is 1. The number of amides is 1. The molecule has 0 bridgehead atoms. The number of carbonyl (C=O) groups is 2. The molecule has 1 aliphatic carbocycles. The number of aliphatic carboxylic acids is 1. The van der Waals surface area contributed by atoms with Crippen LogP contribution in [0.5, 0.6) is 0 Å². The van der Waals surface area contributed by atoms with Crippen LogP contribution >= 0.6 is 0 Å². The zero-order chi connectivity index (χ0) is 16.7. The zero-order valence-electron chi connectivity index (χ0n) is 13.6. The van der Waals surface area contributed by atoms with Gasteiger partial charge in [-0.1, -0.05) is 31.9 Å². The van der Waals surface area contributed by atoms with Crippen LogP contribution < -0.4 is 5.32 Å². The molecule has 0 aliphatic heterocycles. The van der Waals surface area contributed by atoms with Gasteiger partial charge in [0.25, 0.3) is 0 Å². The summed E-state index contributed by atoms with van der Waals surface area (Å²) in [7, 11) is 0. The molecule has 5 nitrogen and oxygen atoms in total. The van der Waals surface area contributed by atoms with E-state index in [4.69, 9.17) is 9.84 Å². The number of hydrogen-bond acceptors (Lipinski definition) is 3. The number of hydrogen-bond donors (Lipinski definition) is 2. The van der Waals surface area contributed by atoms with Crippen molar-refractivity contribution >= 4 is 17.6 Å². The molecule has 5 heteroatoms. The van der Waals surface area contributed by atoms with Crippen molar-refractivity contribution in [3.8, 4) is 0 Å². The van der Waals surface area contributed by atoms with Crippen molar-refractivity contribution in [1.82, 2.24) is 0 Å². The van der Waals surface area contributed by atoms with E-state index < -0.39 is 5.97 Å². The number of carboxylic acids is 1. The van der Waals surface area contributed by atoms with E-state index in [0.29, 0.717) is 18.4 Å². The molecule has 1 saturated carbocycles. The maximum atomic E-state index is 11.7. The fraction of sp³-hybridized carbons (Fsp3) is 0.556. The number of carbonyl (C=O) groups excluding carboxylic acids is 1. The van der Waals surface area contributed by atoms with Crippen LogP contribution in [0.4, 0.5) is 5.69 Å². The molecule has 0 radical (unpaired) electrons. The maximum Gasteiger partial charge on any atom is 0.303 e. The van der Waals surface area contributed by atoms with Gasteiger partial charge >= 0.3 is 5.97 Å². The molecular weight excluding hydrogens is 294 g/mol. The topological polar surface area (TPSA) is 75.6 Å². The minimum atomic E-state index is -0.969. The van der Waals surface area contributed by atoms with Crippen LogP contribution in [-0.2, 0) is 20.9 Å². The highest BCUT2D eigenvalue weighted by Gasteiger charge is 2.19. The molecule has 0 heterocycles. The Morgan fingerprint density at radius 3 is 2.87 bits per heavy atom. The summed E-state index contributed by atoms with van der Waals surface area (Å²) >= 11 is 0. The predicted octanol–water partition coefficient (Wildman–Crippen LogP) is 3.59. The normalized spacial score (nSPS) is 20.9. The monoisotopic (exact) mass is 319 g/mol. The fourth-order valence-corrected chi connectivity index (χ4v) is 2.93. The molecule has 2 unspecified atom stereocenters. The molecule has 2 rings (SSSR count). The Hall–Kier alpha value is -1.88. The molecule has 1 aromatic rings. The second kappa shape index (κ2) is 8.67. The van der Waals surface area contributed by atoms with Crippen molar-refractivity contribution in [2.75, 3.05) is 5.32 Å². The average Bonchev–Trinajstić information content (AvgIpc) is 2.51. The van der Waals surface area contributed by atoms with Gasteiger partial charge in [-0.25, -0.2) is 0 Å². The molecule has 1 aliphatic rings. The van der Waals surface area contributed by atoms with Crippen molar-refractivity contribution in [3.05, 3.63) is 29.8 Å². The van der Waals surface area contributed by atoms with Gasteiger partial charge in [0, 0.05) is 12.1 Å².